The highest BCUT2D eigenvalue weighted by atomic mass is 16.1. The second-order valence-corrected chi connectivity index (χ2v) is 7.78. The van der Waals surface area contributed by atoms with Gasteiger partial charge in [-0.05, 0) is 67.7 Å². The van der Waals surface area contributed by atoms with Crippen LogP contribution in [-0.2, 0) is 6.42 Å². The predicted molar refractivity (Wildman–Crippen MR) is 124 cm³/mol. The average Bonchev–Trinajstić information content (AvgIpc) is 3.33. The summed E-state index contributed by atoms with van der Waals surface area (Å²) in [7, 11) is 1.91. The van der Waals surface area contributed by atoms with Gasteiger partial charge in [-0.15, -0.1) is 0 Å². The van der Waals surface area contributed by atoms with Gasteiger partial charge in [0.15, 0.2) is 0 Å². The molecule has 0 radical (unpaired) electrons. The van der Waals surface area contributed by atoms with E-state index in [4.69, 9.17) is 5.73 Å². The molecule has 3 N–H and O–H groups in total. The first kappa shape index (κ1) is 20.1. The molecule has 0 amide bonds. The van der Waals surface area contributed by atoms with Crippen molar-refractivity contribution in [2.24, 2.45) is 0 Å². The molecular formula is C25H28N4O. The molecule has 30 heavy (non-hydrogen) atoms. The fourth-order valence-electron chi connectivity index (χ4n) is 4.07. The van der Waals surface area contributed by atoms with Gasteiger partial charge in [0.25, 0.3) is 0 Å². The zero-order valence-electron chi connectivity index (χ0n) is 17.4. The third kappa shape index (κ3) is 4.21. The SMILES string of the molecule is CNCCc1cc(-c2cc(-c3ccc(N4CCCC4)cc3)cnc2N)ccc1C=O. The fraction of sp³-hybridized carbons (Fsp3) is 0.280. The van der Waals surface area contributed by atoms with Gasteiger partial charge in [-0.2, -0.15) is 0 Å². The van der Waals surface area contributed by atoms with Crippen LogP contribution in [0.1, 0.15) is 28.8 Å². The lowest BCUT2D eigenvalue weighted by Crippen LogP contribution is -2.17. The molecule has 1 saturated heterocycles. The summed E-state index contributed by atoms with van der Waals surface area (Å²) in [5.41, 5.74) is 13.2. The number of aromatic nitrogens is 1. The van der Waals surface area contributed by atoms with Gasteiger partial charge in [-0.25, -0.2) is 4.98 Å². The number of nitrogen functional groups attached to an aromatic ring is 1. The van der Waals surface area contributed by atoms with Crippen molar-refractivity contribution >= 4 is 17.8 Å². The van der Waals surface area contributed by atoms with Crippen LogP contribution in [0.5, 0.6) is 0 Å². The van der Waals surface area contributed by atoms with Gasteiger partial charge in [0.1, 0.15) is 12.1 Å². The van der Waals surface area contributed by atoms with Gasteiger partial charge in [-0.1, -0.05) is 30.3 Å². The summed E-state index contributed by atoms with van der Waals surface area (Å²) in [6.07, 6.45) is 6.06. The molecule has 154 valence electrons. The maximum absolute atomic E-state index is 11.4. The first-order valence-corrected chi connectivity index (χ1v) is 10.5. The lowest BCUT2D eigenvalue weighted by atomic mass is 9.96. The topological polar surface area (TPSA) is 71.2 Å². The van der Waals surface area contributed by atoms with Crippen molar-refractivity contribution in [3.8, 4) is 22.3 Å². The van der Waals surface area contributed by atoms with Crippen molar-refractivity contribution in [2.45, 2.75) is 19.3 Å². The van der Waals surface area contributed by atoms with E-state index in [1.54, 1.807) is 0 Å². The van der Waals surface area contributed by atoms with E-state index in [1.165, 1.54) is 18.5 Å². The molecule has 1 aliphatic heterocycles. The third-order valence-corrected chi connectivity index (χ3v) is 5.82. The van der Waals surface area contributed by atoms with Crippen molar-refractivity contribution in [1.82, 2.24) is 10.3 Å². The maximum Gasteiger partial charge on any atom is 0.150 e. The maximum atomic E-state index is 11.4. The summed E-state index contributed by atoms with van der Waals surface area (Å²) in [5, 5.41) is 3.14. The molecule has 2 aromatic carbocycles. The molecular weight excluding hydrogens is 372 g/mol. The zero-order chi connectivity index (χ0) is 20.9. The summed E-state index contributed by atoms with van der Waals surface area (Å²) in [6, 6.07) is 16.6. The molecule has 1 aromatic heterocycles. The number of pyridine rings is 1. The normalized spacial score (nSPS) is 13.6. The number of carbonyl (C=O) groups is 1. The van der Waals surface area contributed by atoms with E-state index in [2.05, 4.69) is 51.6 Å². The Labute approximate surface area is 177 Å². The highest BCUT2D eigenvalue weighted by Crippen LogP contribution is 2.32. The van der Waals surface area contributed by atoms with E-state index >= 15 is 0 Å². The van der Waals surface area contributed by atoms with Gasteiger partial charge in [0, 0.05) is 41.7 Å². The molecule has 0 saturated carbocycles. The van der Waals surface area contributed by atoms with Crippen molar-refractivity contribution < 1.29 is 4.79 Å². The fourth-order valence-corrected chi connectivity index (χ4v) is 4.07. The van der Waals surface area contributed by atoms with Crippen LogP contribution in [0.3, 0.4) is 0 Å². The van der Waals surface area contributed by atoms with Crippen LogP contribution in [0.15, 0.2) is 54.7 Å². The van der Waals surface area contributed by atoms with Gasteiger partial charge in [-0.3, -0.25) is 4.79 Å². The highest BCUT2D eigenvalue weighted by Gasteiger charge is 2.13. The second-order valence-electron chi connectivity index (χ2n) is 7.78. The standard InChI is InChI=1S/C25H28N4O/c1-27-11-10-19-14-20(4-5-21(19)17-30)24-15-22(16-28-25(24)26)18-6-8-23(9-7-18)29-12-2-3-13-29/h4-9,14-17,27H,2-3,10-13H2,1H3,(H2,26,28). The minimum Gasteiger partial charge on any atom is -0.383 e. The average molecular weight is 401 g/mol. The van der Waals surface area contributed by atoms with Crippen LogP contribution < -0.4 is 16.0 Å². The van der Waals surface area contributed by atoms with Crippen LogP contribution in [-0.4, -0.2) is 38.0 Å². The lowest BCUT2D eigenvalue weighted by Gasteiger charge is -2.18. The molecule has 1 fully saturated rings. The minimum atomic E-state index is 0.492. The van der Waals surface area contributed by atoms with Crippen LogP contribution in [0.2, 0.25) is 0 Å². The Bertz CT molecular complexity index is 1020. The van der Waals surface area contributed by atoms with Crippen LogP contribution in [0.4, 0.5) is 11.5 Å². The van der Waals surface area contributed by atoms with Gasteiger partial charge in [0.05, 0.1) is 0 Å². The molecule has 0 bridgehead atoms. The number of benzene rings is 2. The quantitative estimate of drug-likeness (QED) is 0.583. The van der Waals surface area contributed by atoms with E-state index < -0.39 is 0 Å². The molecule has 0 atom stereocenters. The Morgan fingerprint density at radius 1 is 1.03 bits per heavy atom. The van der Waals surface area contributed by atoms with Crippen molar-refractivity contribution in [1.29, 1.82) is 0 Å². The summed E-state index contributed by atoms with van der Waals surface area (Å²) >= 11 is 0. The Morgan fingerprint density at radius 3 is 2.47 bits per heavy atom. The summed E-state index contributed by atoms with van der Waals surface area (Å²) in [5.74, 6) is 0.492. The Morgan fingerprint density at radius 2 is 1.77 bits per heavy atom. The van der Waals surface area contributed by atoms with Crippen LogP contribution in [0.25, 0.3) is 22.3 Å². The zero-order valence-corrected chi connectivity index (χ0v) is 17.4. The molecule has 2 heterocycles. The largest absolute Gasteiger partial charge is 0.383 e. The number of nitrogens with zero attached hydrogens (tertiary/aromatic N) is 2. The molecule has 0 aliphatic carbocycles. The number of hydrogen-bond donors (Lipinski definition) is 2. The number of anilines is 2. The smallest absolute Gasteiger partial charge is 0.150 e. The highest BCUT2D eigenvalue weighted by molar-refractivity contribution is 5.83. The second kappa shape index (κ2) is 9.09. The van der Waals surface area contributed by atoms with Crippen LogP contribution in [0, 0.1) is 0 Å². The minimum absolute atomic E-state index is 0.492. The van der Waals surface area contributed by atoms with Crippen molar-refractivity contribution in [2.75, 3.05) is 37.3 Å². The molecule has 5 heteroatoms. The summed E-state index contributed by atoms with van der Waals surface area (Å²) in [4.78, 5) is 18.3. The first-order chi connectivity index (χ1) is 14.7. The number of aldehydes is 1. The van der Waals surface area contributed by atoms with E-state index in [0.717, 1.165) is 60.2 Å². The number of rotatable bonds is 7. The van der Waals surface area contributed by atoms with E-state index in [-0.39, 0.29) is 0 Å². The number of likely N-dealkylation sites (N-methyl/N-ethyl adjacent to an activating group) is 1. The Kier molecular flexibility index (Phi) is 6.10. The molecule has 4 rings (SSSR count). The number of carbonyl (C=O) groups excluding carboxylic acids is 1. The van der Waals surface area contributed by atoms with Gasteiger partial charge in [0.2, 0.25) is 0 Å². The molecule has 0 unspecified atom stereocenters. The number of hydrogen-bond acceptors (Lipinski definition) is 5. The predicted octanol–water partition coefficient (Wildman–Crippen LogP) is 4.17. The molecule has 5 nitrogen and oxygen atoms in total. The summed E-state index contributed by atoms with van der Waals surface area (Å²) in [6.45, 7) is 3.08. The molecule has 1 aliphatic rings. The monoisotopic (exact) mass is 400 g/mol. The molecule has 3 aromatic rings. The Hall–Kier alpha value is -3.18. The van der Waals surface area contributed by atoms with Crippen molar-refractivity contribution in [3.63, 3.8) is 0 Å². The third-order valence-electron chi connectivity index (χ3n) is 5.82. The van der Waals surface area contributed by atoms with E-state index in [0.29, 0.717) is 11.4 Å². The Balaban J connectivity index is 1.66. The van der Waals surface area contributed by atoms with E-state index in [9.17, 15) is 4.79 Å². The lowest BCUT2D eigenvalue weighted by molar-refractivity contribution is 0.112. The van der Waals surface area contributed by atoms with Gasteiger partial charge >= 0.3 is 0 Å². The first-order valence-electron chi connectivity index (χ1n) is 10.5. The molecule has 0 spiro atoms. The van der Waals surface area contributed by atoms with Crippen LogP contribution >= 0.6 is 0 Å². The van der Waals surface area contributed by atoms with E-state index in [1.807, 2.05) is 25.4 Å². The van der Waals surface area contributed by atoms with Crippen molar-refractivity contribution in [3.05, 3.63) is 65.9 Å². The number of nitrogens with one attached hydrogen (secondary N) is 1. The summed E-state index contributed by atoms with van der Waals surface area (Å²) < 4.78 is 0. The number of nitrogens with two attached hydrogens (primary N) is 1. The van der Waals surface area contributed by atoms with Gasteiger partial charge < -0.3 is 16.0 Å².